The molecule has 1 saturated heterocycles. The highest BCUT2D eigenvalue weighted by molar-refractivity contribution is 5.89. The van der Waals surface area contributed by atoms with Crippen LogP contribution in [0.4, 0.5) is 4.79 Å². The molecule has 0 unspecified atom stereocenters. The van der Waals surface area contributed by atoms with Crippen molar-refractivity contribution in [3.05, 3.63) is 35.7 Å². The second-order valence-electron chi connectivity index (χ2n) is 8.06. The highest BCUT2D eigenvalue weighted by atomic mass is 16.6. The van der Waals surface area contributed by atoms with E-state index in [9.17, 15) is 9.59 Å². The maximum Gasteiger partial charge on any atom is 0.410 e. The van der Waals surface area contributed by atoms with Crippen molar-refractivity contribution in [3.8, 4) is 11.5 Å². The van der Waals surface area contributed by atoms with Crippen molar-refractivity contribution in [1.82, 2.24) is 15.0 Å². The number of hydrogen-bond donors (Lipinski definition) is 0. The van der Waals surface area contributed by atoms with Gasteiger partial charge in [0.2, 0.25) is 0 Å². The van der Waals surface area contributed by atoms with Gasteiger partial charge >= 0.3 is 12.1 Å². The molecule has 1 aromatic carbocycles. The van der Waals surface area contributed by atoms with E-state index >= 15 is 0 Å². The molecule has 1 aliphatic rings. The van der Waals surface area contributed by atoms with Crippen molar-refractivity contribution in [2.24, 2.45) is 0 Å². The molecule has 0 aliphatic carbocycles. The zero-order chi connectivity index (χ0) is 21.7. The molecule has 3 rings (SSSR count). The maximum atomic E-state index is 12.1. The zero-order valence-electron chi connectivity index (χ0n) is 17.7. The first kappa shape index (κ1) is 21.8. The monoisotopic (exact) mass is 417 g/mol. The van der Waals surface area contributed by atoms with Crippen LogP contribution in [0.25, 0.3) is 11.5 Å². The van der Waals surface area contributed by atoms with Gasteiger partial charge < -0.3 is 23.6 Å². The third-order valence-electron chi connectivity index (χ3n) is 4.56. The van der Waals surface area contributed by atoms with Crippen LogP contribution in [0.15, 0.2) is 28.8 Å². The Hall–Kier alpha value is -2.94. The SMILES string of the molecule is COC(=O)c1ccc(-c2nc(COC3CCN(C(=O)OC(C)(C)C)CC3)no2)cc1. The highest BCUT2D eigenvalue weighted by Crippen LogP contribution is 2.20. The van der Waals surface area contributed by atoms with Gasteiger partial charge in [-0.15, -0.1) is 0 Å². The first-order valence-electron chi connectivity index (χ1n) is 9.86. The predicted octanol–water partition coefficient (Wildman–Crippen LogP) is 3.44. The molecular weight excluding hydrogens is 390 g/mol. The first-order valence-corrected chi connectivity index (χ1v) is 9.86. The van der Waals surface area contributed by atoms with Crippen LogP contribution in [-0.4, -0.2) is 59.0 Å². The number of benzene rings is 1. The molecule has 2 heterocycles. The minimum absolute atomic E-state index is 0.0185. The normalized spacial score (nSPS) is 15.1. The van der Waals surface area contributed by atoms with Crippen LogP contribution in [-0.2, 0) is 20.8 Å². The molecule has 0 saturated carbocycles. The van der Waals surface area contributed by atoms with Gasteiger partial charge in [-0.05, 0) is 57.9 Å². The number of esters is 1. The molecule has 162 valence electrons. The summed E-state index contributed by atoms with van der Waals surface area (Å²) in [4.78, 5) is 29.7. The van der Waals surface area contributed by atoms with E-state index in [1.54, 1.807) is 29.2 Å². The molecule has 0 radical (unpaired) electrons. The minimum atomic E-state index is -0.500. The Morgan fingerprint density at radius 3 is 2.43 bits per heavy atom. The summed E-state index contributed by atoms with van der Waals surface area (Å²) in [6.07, 6.45) is 1.17. The van der Waals surface area contributed by atoms with E-state index in [-0.39, 0.29) is 18.8 Å². The van der Waals surface area contributed by atoms with Gasteiger partial charge in [-0.25, -0.2) is 9.59 Å². The van der Waals surface area contributed by atoms with E-state index in [0.717, 1.165) is 12.8 Å². The van der Waals surface area contributed by atoms with Crippen LogP contribution in [0.3, 0.4) is 0 Å². The fourth-order valence-corrected chi connectivity index (χ4v) is 3.02. The summed E-state index contributed by atoms with van der Waals surface area (Å²) in [6, 6.07) is 6.72. The topological polar surface area (TPSA) is 104 Å². The number of likely N-dealkylation sites (tertiary alicyclic amines) is 1. The Bertz CT molecular complexity index is 864. The summed E-state index contributed by atoms with van der Waals surface area (Å²) < 4.78 is 21.3. The van der Waals surface area contributed by atoms with Crippen molar-refractivity contribution in [2.75, 3.05) is 20.2 Å². The molecule has 1 amide bonds. The Morgan fingerprint density at radius 2 is 1.83 bits per heavy atom. The van der Waals surface area contributed by atoms with Gasteiger partial charge in [0, 0.05) is 18.7 Å². The van der Waals surface area contributed by atoms with Crippen LogP contribution in [0.5, 0.6) is 0 Å². The average molecular weight is 417 g/mol. The average Bonchev–Trinajstić information content (AvgIpc) is 3.20. The van der Waals surface area contributed by atoms with Crippen molar-refractivity contribution >= 4 is 12.1 Å². The second-order valence-corrected chi connectivity index (χ2v) is 8.06. The van der Waals surface area contributed by atoms with Crippen molar-refractivity contribution in [2.45, 2.75) is 51.9 Å². The van der Waals surface area contributed by atoms with E-state index in [2.05, 4.69) is 14.9 Å². The van der Waals surface area contributed by atoms with E-state index in [0.29, 0.717) is 35.9 Å². The number of hydrogen-bond acceptors (Lipinski definition) is 8. The summed E-state index contributed by atoms with van der Waals surface area (Å²) in [5.74, 6) is 0.389. The first-order chi connectivity index (χ1) is 14.2. The minimum Gasteiger partial charge on any atom is -0.465 e. The number of amides is 1. The summed E-state index contributed by atoms with van der Waals surface area (Å²) in [5, 5.41) is 3.95. The molecule has 0 spiro atoms. The third-order valence-corrected chi connectivity index (χ3v) is 4.56. The second kappa shape index (κ2) is 9.25. The Kier molecular flexibility index (Phi) is 6.71. The molecule has 1 fully saturated rings. The predicted molar refractivity (Wildman–Crippen MR) is 107 cm³/mol. The van der Waals surface area contributed by atoms with Crippen molar-refractivity contribution in [3.63, 3.8) is 0 Å². The van der Waals surface area contributed by atoms with Crippen molar-refractivity contribution < 1.29 is 28.3 Å². The molecular formula is C21H27N3O6. The zero-order valence-corrected chi connectivity index (χ0v) is 17.7. The van der Waals surface area contributed by atoms with Gasteiger partial charge in [0.1, 0.15) is 12.2 Å². The van der Waals surface area contributed by atoms with Crippen LogP contribution < -0.4 is 0 Å². The van der Waals surface area contributed by atoms with Gasteiger partial charge in [-0.3, -0.25) is 0 Å². The third kappa shape index (κ3) is 5.79. The molecule has 30 heavy (non-hydrogen) atoms. The number of ether oxygens (including phenoxy) is 3. The lowest BCUT2D eigenvalue weighted by atomic mass is 10.1. The summed E-state index contributed by atoms with van der Waals surface area (Å²) in [5.41, 5.74) is 0.648. The Labute approximate surface area is 175 Å². The van der Waals surface area contributed by atoms with Crippen molar-refractivity contribution in [1.29, 1.82) is 0 Å². The van der Waals surface area contributed by atoms with Gasteiger partial charge in [0.05, 0.1) is 18.8 Å². The molecule has 9 heteroatoms. The van der Waals surface area contributed by atoms with Crippen LogP contribution >= 0.6 is 0 Å². The van der Waals surface area contributed by atoms with Gasteiger partial charge in [-0.1, -0.05) is 5.16 Å². The summed E-state index contributed by atoms with van der Waals surface area (Å²) >= 11 is 0. The lowest BCUT2D eigenvalue weighted by Gasteiger charge is -2.33. The molecule has 0 bridgehead atoms. The molecule has 2 aromatic rings. The van der Waals surface area contributed by atoms with Gasteiger partial charge in [0.15, 0.2) is 5.82 Å². The van der Waals surface area contributed by atoms with Crippen LogP contribution in [0.2, 0.25) is 0 Å². The lowest BCUT2D eigenvalue weighted by Crippen LogP contribution is -2.43. The van der Waals surface area contributed by atoms with E-state index < -0.39 is 11.6 Å². The highest BCUT2D eigenvalue weighted by Gasteiger charge is 2.27. The number of carbonyl (C=O) groups is 2. The van der Waals surface area contributed by atoms with E-state index in [1.165, 1.54) is 7.11 Å². The molecule has 1 aliphatic heterocycles. The number of nitrogens with zero attached hydrogens (tertiary/aromatic N) is 3. The smallest absolute Gasteiger partial charge is 0.410 e. The number of piperidine rings is 1. The van der Waals surface area contributed by atoms with E-state index in [4.69, 9.17) is 14.0 Å². The fourth-order valence-electron chi connectivity index (χ4n) is 3.02. The number of rotatable bonds is 5. The number of methoxy groups -OCH3 is 1. The van der Waals surface area contributed by atoms with Gasteiger partial charge in [0.25, 0.3) is 5.89 Å². The quantitative estimate of drug-likeness (QED) is 0.682. The maximum absolute atomic E-state index is 12.1. The largest absolute Gasteiger partial charge is 0.465 e. The molecule has 9 nitrogen and oxygen atoms in total. The summed E-state index contributed by atoms with van der Waals surface area (Å²) in [6.45, 7) is 6.96. The number of carbonyl (C=O) groups excluding carboxylic acids is 2. The van der Waals surface area contributed by atoms with E-state index in [1.807, 2.05) is 20.8 Å². The van der Waals surface area contributed by atoms with Crippen LogP contribution in [0.1, 0.15) is 49.8 Å². The molecule has 1 aromatic heterocycles. The lowest BCUT2D eigenvalue weighted by molar-refractivity contribution is -0.0190. The van der Waals surface area contributed by atoms with Gasteiger partial charge in [-0.2, -0.15) is 4.98 Å². The summed E-state index contributed by atoms with van der Waals surface area (Å²) in [7, 11) is 1.34. The fraction of sp³-hybridized carbons (Fsp3) is 0.524. The Morgan fingerprint density at radius 1 is 1.17 bits per heavy atom. The molecule has 0 N–H and O–H groups in total. The standard InChI is InChI=1S/C21H27N3O6/c1-21(2,3)29-20(26)24-11-9-16(10-12-24)28-13-17-22-18(30-23-17)14-5-7-15(8-6-14)19(25)27-4/h5-8,16H,9-13H2,1-4H3. The number of aromatic nitrogens is 2. The Balaban J connectivity index is 1.47. The molecule has 0 atom stereocenters. The van der Waals surface area contributed by atoms with Crippen LogP contribution in [0, 0.1) is 0 Å².